The molecule has 0 aliphatic carbocycles. The van der Waals surface area contributed by atoms with Crippen LogP contribution in [0.5, 0.6) is 5.88 Å². The number of sulfonamides is 1. The largest absolute Gasteiger partial charge is 0.477 e. The molecule has 0 spiro atoms. The normalized spacial score (nSPS) is 11.2. The molecule has 2 aromatic carbocycles. The standard InChI is InChI=1S/C21H23N3O3S/c1-4-13-27-21-12-10-19(22-23-21)17-6-8-18(9-7-17)24-28(25,26)20-11-5-15(2)14-16(20)3/h5-12,14,24H,4,13H2,1-3H3. The molecule has 0 atom stereocenters. The molecule has 3 aromatic rings. The summed E-state index contributed by atoms with van der Waals surface area (Å²) in [6.45, 7) is 6.35. The lowest BCUT2D eigenvalue weighted by atomic mass is 10.1. The molecular formula is C21H23N3O3S. The van der Waals surface area contributed by atoms with Crippen molar-refractivity contribution >= 4 is 15.7 Å². The Hall–Kier alpha value is -2.93. The molecule has 0 saturated carbocycles. The smallest absolute Gasteiger partial charge is 0.262 e. The minimum absolute atomic E-state index is 0.274. The van der Waals surface area contributed by atoms with Crippen LogP contribution in [0.2, 0.25) is 0 Å². The summed E-state index contributed by atoms with van der Waals surface area (Å²) >= 11 is 0. The highest BCUT2D eigenvalue weighted by Crippen LogP contribution is 2.23. The first kappa shape index (κ1) is 19.8. The van der Waals surface area contributed by atoms with Crippen molar-refractivity contribution in [3.8, 4) is 17.1 Å². The van der Waals surface area contributed by atoms with Gasteiger partial charge in [-0.15, -0.1) is 10.2 Å². The van der Waals surface area contributed by atoms with Gasteiger partial charge in [0, 0.05) is 17.3 Å². The zero-order valence-electron chi connectivity index (χ0n) is 16.1. The number of anilines is 1. The van der Waals surface area contributed by atoms with E-state index in [9.17, 15) is 8.42 Å². The van der Waals surface area contributed by atoms with E-state index in [1.54, 1.807) is 49.4 Å². The Morgan fingerprint density at radius 1 is 0.964 bits per heavy atom. The van der Waals surface area contributed by atoms with Gasteiger partial charge < -0.3 is 4.74 Å². The topological polar surface area (TPSA) is 81.2 Å². The third-order valence-corrected chi connectivity index (χ3v) is 5.69. The molecule has 3 rings (SSSR count). The lowest BCUT2D eigenvalue weighted by Crippen LogP contribution is -2.14. The second-order valence-corrected chi connectivity index (χ2v) is 8.21. The van der Waals surface area contributed by atoms with Gasteiger partial charge in [0.05, 0.1) is 17.2 Å². The van der Waals surface area contributed by atoms with Crippen LogP contribution in [0.3, 0.4) is 0 Å². The number of nitrogens with zero attached hydrogens (tertiary/aromatic N) is 2. The van der Waals surface area contributed by atoms with E-state index < -0.39 is 10.0 Å². The first-order valence-corrected chi connectivity index (χ1v) is 10.5. The monoisotopic (exact) mass is 397 g/mol. The van der Waals surface area contributed by atoms with Gasteiger partial charge >= 0.3 is 0 Å². The van der Waals surface area contributed by atoms with Gasteiger partial charge in [0.1, 0.15) is 0 Å². The van der Waals surface area contributed by atoms with Crippen LogP contribution < -0.4 is 9.46 Å². The van der Waals surface area contributed by atoms with Crippen LogP contribution in [0.1, 0.15) is 24.5 Å². The van der Waals surface area contributed by atoms with Crippen molar-refractivity contribution in [3.63, 3.8) is 0 Å². The Balaban J connectivity index is 1.75. The molecule has 0 aliphatic rings. The highest BCUT2D eigenvalue weighted by atomic mass is 32.2. The van der Waals surface area contributed by atoms with Crippen LogP contribution >= 0.6 is 0 Å². The molecule has 1 N–H and O–H groups in total. The lowest BCUT2D eigenvalue weighted by Gasteiger charge is -2.11. The summed E-state index contributed by atoms with van der Waals surface area (Å²) in [6.07, 6.45) is 0.906. The van der Waals surface area contributed by atoms with E-state index in [1.807, 2.05) is 26.0 Å². The van der Waals surface area contributed by atoms with Gasteiger partial charge in [-0.1, -0.05) is 36.8 Å². The van der Waals surface area contributed by atoms with E-state index in [1.165, 1.54) is 0 Å². The molecule has 1 aromatic heterocycles. The van der Waals surface area contributed by atoms with E-state index in [0.29, 0.717) is 29.4 Å². The maximum absolute atomic E-state index is 12.7. The first-order chi connectivity index (χ1) is 13.4. The molecule has 0 saturated heterocycles. The number of ether oxygens (including phenoxy) is 1. The van der Waals surface area contributed by atoms with Crippen LogP contribution in [0.4, 0.5) is 5.69 Å². The number of nitrogens with one attached hydrogen (secondary N) is 1. The van der Waals surface area contributed by atoms with Crippen LogP contribution in [0, 0.1) is 13.8 Å². The van der Waals surface area contributed by atoms with Crippen molar-refractivity contribution < 1.29 is 13.2 Å². The number of hydrogen-bond donors (Lipinski definition) is 1. The average molecular weight is 398 g/mol. The van der Waals surface area contributed by atoms with Crippen molar-refractivity contribution in [2.45, 2.75) is 32.1 Å². The quantitative estimate of drug-likeness (QED) is 0.641. The van der Waals surface area contributed by atoms with E-state index in [0.717, 1.165) is 17.5 Å². The maximum atomic E-state index is 12.7. The molecule has 0 aliphatic heterocycles. The maximum Gasteiger partial charge on any atom is 0.262 e. The molecule has 6 nitrogen and oxygen atoms in total. The number of aryl methyl sites for hydroxylation is 2. The van der Waals surface area contributed by atoms with Gasteiger partial charge in [-0.3, -0.25) is 4.72 Å². The zero-order valence-corrected chi connectivity index (χ0v) is 17.0. The molecule has 0 bridgehead atoms. The second-order valence-electron chi connectivity index (χ2n) is 6.56. The van der Waals surface area contributed by atoms with Crippen molar-refractivity contribution in [3.05, 3.63) is 65.7 Å². The van der Waals surface area contributed by atoms with Crippen LogP contribution in [0.15, 0.2) is 59.5 Å². The Bertz CT molecular complexity index is 1050. The predicted molar refractivity (Wildman–Crippen MR) is 110 cm³/mol. The van der Waals surface area contributed by atoms with Crippen LogP contribution in [0.25, 0.3) is 11.3 Å². The van der Waals surface area contributed by atoms with E-state index in [2.05, 4.69) is 14.9 Å². The van der Waals surface area contributed by atoms with Gasteiger partial charge in [0.25, 0.3) is 10.0 Å². The van der Waals surface area contributed by atoms with Gasteiger partial charge in [0.15, 0.2) is 0 Å². The van der Waals surface area contributed by atoms with Gasteiger partial charge in [-0.25, -0.2) is 8.42 Å². The molecule has 0 amide bonds. The minimum Gasteiger partial charge on any atom is -0.477 e. The summed E-state index contributed by atoms with van der Waals surface area (Å²) in [6, 6.07) is 15.9. The summed E-state index contributed by atoms with van der Waals surface area (Å²) in [7, 11) is -3.65. The molecule has 0 fully saturated rings. The predicted octanol–water partition coefficient (Wildman–Crippen LogP) is 4.35. The lowest BCUT2D eigenvalue weighted by molar-refractivity contribution is 0.302. The van der Waals surface area contributed by atoms with E-state index in [4.69, 9.17) is 4.74 Å². The number of rotatable bonds is 7. The van der Waals surface area contributed by atoms with E-state index >= 15 is 0 Å². The van der Waals surface area contributed by atoms with Gasteiger partial charge in [-0.2, -0.15) is 0 Å². The fraction of sp³-hybridized carbons (Fsp3) is 0.238. The van der Waals surface area contributed by atoms with Gasteiger partial charge in [-0.05, 0) is 50.1 Å². The first-order valence-electron chi connectivity index (χ1n) is 9.06. The third kappa shape index (κ3) is 4.67. The minimum atomic E-state index is -3.65. The molecule has 28 heavy (non-hydrogen) atoms. The zero-order chi connectivity index (χ0) is 20.1. The second kappa shape index (κ2) is 8.39. The van der Waals surface area contributed by atoms with Crippen LogP contribution in [-0.4, -0.2) is 25.2 Å². The Morgan fingerprint density at radius 2 is 1.71 bits per heavy atom. The molecule has 0 radical (unpaired) electrons. The molecule has 146 valence electrons. The molecule has 7 heteroatoms. The summed E-state index contributed by atoms with van der Waals surface area (Å²) in [5, 5.41) is 8.21. The summed E-state index contributed by atoms with van der Waals surface area (Å²) in [4.78, 5) is 0.274. The summed E-state index contributed by atoms with van der Waals surface area (Å²) in [5.41, 5.74) is 3.74. The molecule has 1 heterocycles. The fourth-order valence-electron chi connectivity index (χ4n) is 2.78. The molecular weight excluding hydrogens is 374 g/mol. The Kier molecular flexibility index (Phi) is 5.94. The highest BCUT2D eigenvalue weighted by molar-refractivity contribution is 7.92. The Labute approximate surface area is 165 Å². The van der Waals surface area contributed by atoms with Crippen molar-refractivity contribution in [2.75, 3.05) is 11.3 Å². The number of aromatic nitrogens is 2. The SMILES string of the molecule is CCCOc1ccc(-c2ccc(NS(=O)(=O)c3ccc(C)cc3C)cc2)nn1. The summed E-state index contributed by atoms with van der Waals surface area (Å²) in [5.74, 6) is 0.489. The fourth-order valence-corrected chi connectivity index (χ4v) is 4.06. The van der Waals surface area contributed by atoms with Crippen molar-refractivity contribution in [2.24, 2.45) is 0 Å². The molecule has 0 unspecified atom stereocenters. The third-order valence-electron chi connectivity index (χ3n) is 4.15. The average Bonchev–Trinajstić information content (AvgIpc) is 2.67. The summed E-state index contributed by atoms with van der Waals surface area (Å²) < 4.78 is 33.4. The van der Waals surface area contributed by atoms with Crippen molar-refractivity contribution in [1.29, 1.82) is 0 Å². The highest BCUT2D eigenvalue weighted by Gasteiger charge is 2.17. The number of hydrogen-bond acceptors (Lipinski definition) is 5. The van der Waals surface area contributed by atoms with Gasteiger partial charge in [0.2, 0.25) is 5.88 Å². The van der Waals surface area contributed by atoms with Crippen LogP contribution in [-0.2, 0) is 10.0 Å². The van der Waals surface area contributed by atoms with E-state index in [-0.39, 0.29) is 4.90 Å². The van der Waals surface area contributed by atoms with Crippen molar-refractivity contribution in [1.82, 2.24) is 10.2 Å². The number of benzene rings is 2. The Morgan fingerprint density at radius 3 is 2.32 bits per heavy atom.